The minimum atomic E-state index is -1.47. The maximum absolute atomic E-state index is 14.4. The summed E-state index contributed by atoms with van der Waals surface area (Å²) in [7, 11) is 1.49. The lowest BCUT2D eigenvalue weighted by atomic mass is 9.80. The van der Waals surface area contributed by atoms with Crippen molar-refractivity contribution in [3.8, 4) is 11.1 Å². The molecule has 0 spiro atoms. The first-order chi connectivity index (χ1) is 25.4. The fourth-order valence-electron chi connectivity index (χ4n) is 7.32. The van der Waals surface area contributed by atoms with Gasteiger partial charge in [-0.1, -0.05) is 139 Å². The number of benzene rings is 5. The summed E-state index contributed by atoms with van der Waals surface area (Å²) in [4.78, 5) is 45.3. The monoisotopic (exact) mass is 714 g/mol. The van der Waals surface area contributed by atoms with E-state index in [1.807, 2.05) is 115 Å². The topological polar surface area (TPSA) is 85.4 Å². The van der Waals surface area contributed by atoms with Gasteiger partial charge in [0.05, 0.1) is 19.6 Å². The molecule has 0 N–H and O–H groups in total. The molecule has 0 unspecified atom stereocenters. The van der Waals surface area contributed by atoms with Gasteiger partial charge < -0.3 is 19.1 Å². The number of morpholine rings is 1. The molecule has 5 aromatic carbocycles. The lowest BCUT2D eigenvalue weighted by Crippen LogP contribution is -2.53. The number of nitrogens with zero attached hydrogens (tertiary/aromatic N) is 2. The highest BCUT2D eigenvalue weighted by Crippen LogP contribution is 2.45. The molecular weight excluding hydrogens is 676 g/mol. The van der Waals surface area contributed by atoms with Crippen molar-refractivity contribution in [2.75, 3.05) is 40.0 Å². The second kappa shape index (κ2) is 15.4. The summed E-state index contributed by atoms with van der Waals surface area (Å²) in [5.74, 6) is -1.26. The molecule has 1 aliphatic carbocycles. The van der Waals surface area contributed by atoms with Crippen molar-refractivity contribution >= 4 is 29.6 Å². The fourth-order valence-corrected chi connectivity index (χ4v) is 7.59. The van der Waals surface area contributed by atoms with Crippen LogP contribution < -0.4 is 0 Å². The van der Waals surface area contributed by atoms with Crippen LogP contribution in [0.5, 0.6) is 0 Å². The van der Waals surface area contributed by atoms with Gasteiger partial charge in [-0.05, 0) is 28.3 Å². The lowest BCUT2D eigenvalue weighted by molar-refractivity contribution is -0.158. The van der Waals surface area contributed by atoms with Gasteiger partial charge in [-0.15, -0.1) is 0 Å². The number of esters is 1. The number of halogens is 1. The summed E-state index contributed by atoms with van der Waals surface area (Å²) in [6, 6.07) is 40.9. The first-order valence-electron chi connectivity index (χ1n) is 17.4. The number of hydrogen-bond donors (Lipinski definition) is 0. The van der Waals surface area contributed by atoms with E-state index in [-0.39, 0.29) is 18.4 Å². The van der Waals surface area contributed by atoms with Gasteiger partial charge in [-0.25, -0.2) is 4.79 Å². The second-order valence-corrected chi connectivity index (χ2v) is 13.3. The third-order valence-electron chi connectivity index (χ3n) is 9.94. The standard InChI is InChI=1S/C43H39ClN2O6/c1-45(42(49)51-29-36-34-20-10-8-18-32(34)33-19-9-11-21-35(33)36)39(41(48)46-24-26-50-27-25-46)28-40(47)52-43(30-14-4-2-5-15-30,31-16-6-3-7-17-31)37-22-12-13-23-38(37)44/h2-23,36,39H,24-29H2,1H3/t39-/m0/s1. The molecule has 0 radical (unpaired) electrons. The maximum Gasteiger partial charge on any atom is 0.410 e. The van der Waals surface area contributed by atoms with E-state index in [1.54, 1.807) is 11.0 Å². The Kier molecular flexibility index (Phi) is 10.4. The molecule has 0 saturated carbocycles. The van der Waals surface area contributed by atoms with E-state index in [2.05, 4.69) is 12.1 Å². The number of carbonyl (C=O) groups excluding carboxylic acids is 3. The molecule has 1 heterocycles. The zero-order valence-corrected chi connectivity index (χ0v) is 29.6. The van der Waals surface area contributed by atoms with Crippen molar-refractivity contribution in [3.05, 3.63) is 166 Å². The highest BCUT2D eigenvalue weighted by molar-refractivity contribution is 6.31. The summed E-state index contributed by atoms with van der Waals surface area (Å²) < 4.78 is 18.0. The molecule has 9 heteroatoms. The van der Waals surface area contributed by atoms with Crippen molar-refractivity contribution in [3.63, 3.8) is 0 Å². The summed E-state index contributed by atoms with van der Waals surface area (Å²) >= 11 is 6.86. The minimum Gasteiger partial charge on any atom is -0.448 e. The fraction of sp³-hybridized carbons (Fsp3) is 0.233. The lowest BCUT2D eigenvalue weighted by Gasteiger charge is -2.37. The van der Waals surface area contributed by atoms with Gasteiger partial charge in [0, 0.05) is 47.8 Å². The molecule has 8 nitrogen and oxygen atoms in total. The maximum atomic E-state index is 14.4. The van der Waals surface area contributed by atoms with E-state index in [0.29, 0.717) is 48.0 Å². The Labute approximate surface area is 308 Å². The third-order valence-corrected chi connectivity index (χ3v) is 10.3. The number of hydrogen-bond acceptors (Lipinski definition) is 6. The first kappa shape index (κ1) is 35.0. The van der Waals surface area contributed by atoms with E-state index >= 15 is 0 Å². The highest BCUT2D eigenvalue weighted by Gasteiger charge is 2.44. The summed E-state index contributed by atoms with van der Waals surface area (Å²) in [6.45, 7) is 1.45. The van der Waals surface area contributed by atoms with Crippen LogP contribution in [-0.2, 0) is 29.4 Å². The first-order valence-corrected chi connectivity index (χ1v) is 17.8. The zero-order valence-electron chi connectivity index (χ0n) is 28.8. The molecule has 2 amide bonds. The van der Waals surface area contributed by atoms with Crippen molar-refractivity contribution in [2.45, 2.75) is 24.0 Å². The van der Waals surface area contributed by atoms with E-state index in [9.17, 15) is 14.4 Å². The average Bonchev–Trinajstić information content (AvgIpc) is 3.52. The predicted molar refractivity (Wildman–Crippen MR) is 199 cm³/mol. The van der Waals surface area contributed by atoms with Gasteiger partial charge in [-0.3, -0.25) is 14.5 Å². The smallest absolute Gasteiger partial charge is 0.410 e. The van der Waals surface area contributed by atoms with Crippen LogP contribution in [0.2, 0.25) is 5.02 Å². The largest absolute Gasteiger partial charge is 0.448 e. The molecule has 264 valence electrons. The van der Waals surface area contributed by atoms with Crippen molar-refractivity contribution < 1.29 is 28.6 Å². The Morgan fingerprint density at radius 1 is 0.769 bits per heavy atom. The summed E-state index contributed by atoms with van der Waals surface area (Å²) in [5, 5.41) is 0.403. The number of fused-ring (bicyclic) bond motifs is 3. The second-order valence-electron chi connectivity index (χ2n) is 12.9. The van der Waals surface area contributed by atoms with Crippen LogP contribution in [0, 0.1) is 0 Å². The van der Waals surface area contributed by atoms with Crippen LogP contribution in [0.15, 0.2) is 133 Å². The molecule has 1 saturated heterocycles. The number of amides is 2. The Morgan fingerprint density at radius 3 is 1.87 bits per heavy atom. The van der Waals surface area contributed by atoms with Crippen LogP contribution >= 0.6 is 11.6 Å². The van der Waals surface area contributed by atoms with Crippen molar-refractivity contribution in [2.24, 2.45) is 0 Å². The van der Waals surface area contributed by atoms with Crippen molar-refractivity contribution in [1.29, 1.82) is 0 Å². The van der Waals surface area contributed by atoms with Crippen LogP contribution in [0.1, 0.15) is 40.2 Å². The van der Waals surface area contributed by atoms with Crippen LogP contribution in [0.25, 0.3) is 11.1 Å². The molecule has 2 aliphatic rings. The average molecular weight is 715 g/mol. The third kappa shape index (κ3) is 6.79. The van der Waals surface area contributed by atoms with Gasteiger partial charge in [0.15, 0.2) is 5.60 Å². The van der Waals surface area contributed by atoms with Crippen LogP contribution in [-0.4, -0.2) is 73.8 Å². The highest BCUT2D eigenvalue weighted by atomic mass is 35.5. The van der Waals surface area contributed by atoms with Gasteiger partial charge in [0.25, 0.3) is 0 Å². The molecule has 1 aliphatic heterocycles. The van der Waals surface area contributed by atoms with Gasteiger partial charge in [0.2, 0.25) is 5.91 Å². The quantitative estimate of drug-likeness (QED) is 0.109. The minimum absolute atomic E-state index is 0.0672. The van der Waals surface area contributed by atoms with Crippen molar-refractivity contribution in [1.82, 2.24) is 9.80 Å². The molecular formula is C43H39ClN2O6. The normalized spacial score (nSPS) is 14.5. The molecule has 1 fully saturated rings. The predicted octanol–water partition coefficient (Wildman–Crippen LogP) is 7.67. The summed E-state index contributed by atoms with van der Waals surface area (Å²) in [5.41, 5.74) is 4.79. The summed E-state index contributed by atoms with van der Waals surface area (Å²) in [6.07, 6.45) is -1.15. The Morgan fingerprint density at radius 2 is 1.29 bits per heavy atom. The SMILES string of the molecule is CN(C(=O)OCC1c2ccccc2-c2ccccc21)[C@@H](CC(=O)OC(c1ccccc1)(c1ccccc1)c1ccccc1Cl)C(=O)N1CCOCC1. The molecule has 0 bridgehead atoms. The van der Waals surface area contributed by atoms with E-state index in [1.165, 1.54) is 11.9 Å². The van der Waals surface area contributed by atoms with E-state index in [0.717, 1.165) is 22.3 Å². The molecule has 7 rings (SSSR count). The van der Waals surface area contributed by atoms with E-state index in [4.69, 9.17) is 25.8 Å². The molecule has 5 aromatic rings. The Hall–Kier alpha value is -5.44. The van der Waals surface area contributed by atoms with Gasteiger partial charge >= 0.3 is 12.1 Å². The number of ether oxygens (including phenoxy) is 3. The zero-order chi connectivity index (χ0) is 36.1. The van der Waals surface area contributed by atoms with Crippen LogP contribution in [0.4, 0.5) is 4.79 Å². The van der Waals surface area contributed by atoms with Crippen LogP contribution in [0.3, 0.4) is 0 Å². The Balaban J connectivity index is 1.19. The molecule has 0 aromatic heterocycles. The molecule has 1 atom stereocenters. The number of likely N-dealkylation sites (N-methyl/N-ethyl adjacent to an activating group) is 1. The van der Waals surface area contributed by atoms with Gasteiger partial charge in [0.1, 0.15) is 12.6 Å². The number of rotatable bonds is 10. The number of carbonyl (C=O) groups is 3. The molecule has 52 heavy (non-hydrogen) atoms. The Bertz CT molecular complexity index is 1960. The van der Waals surface area contributed by atoms with E-state index < -0.39 is 30.1 Å². The van der Waals surface area contributed by atoms with Gasteiger partial charge in [-0.2, -0.15) is 0 Å².